The number of aromatic nitrogens is 1. The van der Waals surface area contributed by atoms with Crippen LogP contribution in [0.4, 0.5) is 5.69 Å². The van der Waals surface area contributed by atoms with Crippen molar-refractivity contribution in [2.45, 2.75) is 78.5 Å². The van der Waals surface area contributed by atoms with Gasteiger partial charge in [-0.25, -0.2) is 0 Å². The Labute approximate surface area is 272 Å². The Balaban J connectivity index is 1.45. The summed E-state index contributed by atoms with van der Waals surface area (Å²) in [4.78, 5) is 45.8. The number of ether oxygens (including phenoxy) is 1. The first-order chi connectivity index (χ1) is 22.1. The molecule has 0 bridgehead atoms. The number of rotatable bonds is 11. The number of aromatic amines is 1. The van der Waals surface area contributed by atoms with E-state index >= 15 is 0 Å². The maximum absolute atomic E-state index is 13.9. The number of nitrogens with zero attached hydrogens (tertiary/aromatic N) is 2. The van der Waals surface area contributed by atoms with Gasteiger partial charge in [0.25, 0.3) is 11.5 Å². The minimum absolute atomic E-state index is 0.0273. The molecule has 1 saturated carbocycles. The van der Waals surface area contributed by atoms with Gasteiger partial charge >= 0.3 is 0 Å². The molecule has 0 radical (unpaired) electrons. The molecular weight excluding hydrogens is 576 g/mol. The van der Waals surface area contributed by atoms with Gasteiger partial charge in [0.1, 0.15) is 0 Å². The summed E-state index contributed by atoms with van der Waals surface area (Å²) in [5.74, 6) is 0.421. The molecular formula is C38H48N4O4. The molecule has 244 valence electrons. The van der Waals surface area contributed by atoms with Crippen LogP contribution in [-0.2, 0) is 22.5 Å². The standard InChI is InChI=1S/C38H48N4O4/c1-7-36(43)41-15-13-31(14-16-41)42(8-2)35-22-30(29-11-9-27(10-12-29)18-28-19-32(20-28)46-6)21-33(26(35)5)37(44)39-23-34-24(3)17-25(4)40-38(34)45/h7,9-12,17,21-22,28,31-32H,1,8,13-16,18-20,23H2,2-6H3,(H,39,44)(H,40,45). The number of anilines is 1. The molecule has 2 fully saturated rings. The van der Waals surface area contributed by atoms with Gasteiger partial charge in [0.15, 0.2) is 0 Å². The Kier molecular flexibility index (Phi) is 10.5. The Hall–Kier alpha value is -4.17. The van der Waals surface area contributed by atoms with Gasteiger partial charge in [-0.15, -0.1) is 0 Å². The third-order valence-corrected chi connectivity index (χ3v) is 9.92. The lowest BCUT2D eigenvalue weighted by molar-refractivity contribution is -0.127. The summed E-state index contributed by atoms with van der Waals surface area (Å²) >= 11 is 0. The summed E-state index contributed by atoms with van der Waals surface area (Å²) in [5.41, 5.74) is 7.87. The smallest absolute Gasteiger partial charge is 0.253 e. The van der Waals surface area contributed by atoms with Crippen LogP contribution in [0.15, 0.2) is 59.9 Å². The fourth-order valence-electron chi connectivity index (χ4n) is 7.12. The normalized spacial score (nSPS) is 18.2. The first kappa shape index (κ1) is 33.2. The second kappa shape index (κ2) is 14.5. The molecule has 46 heavy (non-hydrogen) atoms. The summed E-state index contributed by atoms with van der Waals surface area (Å²) in [7, 11) is 1.79. The summed E-state index contributed by atoms with van der Waals surface area (Å²) < 4.78 is 5.46. The third kappa shape index (κ3) is 7.28. The maximum atomic E-state index is 13.9. The van der Waals surface area contributed by atoms with E-state index in [0.717, 1.165) is 72.3 Å². The first-order valence-electron chi connectivity index (χ1n) is 16.5. The van der Waals surface area contributed by atoms with Crippen molar-refractivity contribution in [3.63, 3.8) is 0 Å². The molecule has 1 aliphatic heterocycles. The lowest BCUT2D eigenvalue weighted by atomic mass is 9.78. The van der Waals surface area contributed by atoms with Crippen LogP contribution in [-0.4, -0.2) is 60.6 Å². The van der Waals surface area contributed by atoms with Gasteiger partial charge in [0.05, 0.1) is 6.10 Å². The van der Waals surface area contributed by atoms with E-state index in [4.69, 9.17) is 4.74 Å². The molecule has 1 aliphatic carbocycles. The lowest BCUT2D eigenvalue weighted by Gasteiger charge is -2.40. The minimum atomic E-state index is -0.211. The van der Waals surface area contributed by atoms with Crippen molar-refractivity contribution < 1.29 is 14.3 Å². The number of likely N-dealkylation sites (tertiary alicyclic amines) is 1. The number of hydrogen-bond donors (Lipinski definition) is 2. The average molecular weight is 625 g/mol. The number of hydrogen-bond acceptors (Lipinski definition) is 5. The maximum Gasteiger partial charge on any atom is 0.253 e. The molecule has 1 saturated heterocycles. The summed E-state index contributed by atoms with van der Waals surface area (Å²) in [5, 5.41) is 3.03. The molecule has 8 nitrogen and oxygen atoms in total. The van der Waals surface area contributed by atoms with Crippen molar-refractivity contribution in [2.24, 2.45) is 5.92 Å². The van der Waals surface area contributed by atoms with Crippen LogP contribution in [0, 0.1) is 26.7 Å². The molecule has 2 heterocycles. The van der Waals surface area contributed by atoms with E-state index in [0.29, 0.717) is 36.2 Å². The van der Waals surface area contributed by atoms with E-state index in [-0.39, 0.29) is 30.0 Å². The van der Waals surface area contributed by atoms with Crippen LogP contribution in [0.25, 0.3) is 11.1 Å². The molecule has 2 amide bonds. The number of aryl methyl sites for hydroxylation is 2. The number of pyridine rings is 1. The first-order valence-corrected chi connectivity index (χ1v) is 16.5. The van der Waals surface area contributed by atoms with E-state index in [1.54, 1.807) is 7.11 Å². The topological polar surface area (TPSA) is 94.7 Å². The van der Waals surface area contributed by atoms with Gasteiger partial charge in [-0.05, 0) is 118 Å². The second-order valence-electron chi connectivity index (χ2n) is 12.9. The van der Waals surface area contributed by atoms with Gasteiger partial charge in [-0.3, -0.25) is 14.4 Å². The molecule has 5 rings (SSSR count). The number of amides is 2. The van der Waals surface area contributed by atoms with Crippen molar-refractivity contribution in [1.82, 2.24) is 15.2 Å². The molecule has 2 aliphatic rings. The van der Waals surface area contributed by atoms with Crippen LogP contribution in [0.3, 0.4) is 0 Å². The average Bonchev–Trinajstić information content (AvgIpc) is 3.03. The monoisotopic (exact) mass is 624 g/mol. The number of carbonyl (C=O) groups excluding carboxylic acids is 2. The zero-order valence-electron chi connectivity index (χ0n) is 27.9. The molecule has 2 N–H and O–H groups in total. The summed E-state index contributed by atoms with van der Waals surface area (Å²) in [6.07, 6.45) is 6.72. The zero-order chi connectivity index (χ0) is 33.0. The molecule has 8 heteroatoms. The molecule has 0 unspecified atom stereocenters. The molecule has 0 spiro atoms. The lowest BCUT2D eigenvalue weighted by Crippen LogP contribution is -2.46. The van der Waals surface area contributed by atoms with Gasteiger partial charge in [-0.2, -0.15) is 0 Å². The molecule has 0 atom stereocenters. The molecule has 3 aromatic rings. The number of carbonyl (C=O) groups is 2. The fourth-order valence-corrected chi connectivity index (χ4v) is 7.12. The highest BCUT2D eigenvalue weighted by Gasteiger charge is 2.30. The quantitative estimate of drug-likeness (QED) is 0.261. The van der Waals surface area contributed by atoms with Crippen LogP contribution < -0.4 is 15.8 Å². The summed E-state index contributed by atoms with van der Waals surface area (Å²) in [6.45, 7) is 13.8. The highest BCUT2D eigenvalue weighted by atomic mass is 16.5. The number of H-pyrrole nitrogens is 1. The molecule has 2 aromatic carbocycles. The SMILES string of the molecule is C=CC(=O)N1CCC(N(CC)c2cc(-c3ccc(CC4CC(OC)C4)cc3)cc(C(=O)NCc3c(C)cc(C)[nH]c3=O)c2C)CC1. The van der Waals surface area contributed by atoms with Crippen molar-refractivity contribution in [3.8, 4) is 11.1 Å². The third-order valence-electron chi connectivity index (χ3n) is 9.92. The highest BCUT2D eigenvalue weighted by molar-refractivity contribution is 5.99. The van der Waals surface area contributed by atoms with Crippen LogP contribution >= 0.6 is 0 Å². The molecule has 1 aromatic heterocycles. The van der Waals surface area contributed by atoms with Gasteiger partial charge in [0.2, 0.25) is 5.91 Å². The Bertz CT molecular complexity index is 1630. The zero-order valence-corrected chi connectivity index (χ0v) is 27.9. The van der Waals surface area contributed by atoms with Crippen LogP contribution in [0.2, 0.25) is 0 Å². The van der Waals surface area contributed by atoms with Crippen molar-refractivity contribution >= 4 is 17.5 Å². The van der Waals surface area contributed by atoms with E-state index < -0.39 is 0 Å². The second-order valence-corrected chi connectivity index (χ2v) is 12.9. The van der Waals surface area contributed by atoms with E-state index in [1.165, 1.54) is 11.6 Å². The summed E-state index contributed by atoms with van der Waals surface area (Å²) in [6, 6.07) is 15.0. The van der Waals surface area contributed by atoms with Crippen LogP contribution in [0.1, 0.15) is 70.9 Å². The predicted molar refractivity (Wildman–Crippen MR) is 184 cm³/mol. The van der Waals surface area contributed by atoms with E-state index in [2.05, 4.69) is 59.0 Å². The fraction of sp³-hybridized carbons (Fsp3) is 0.447. The highest BCUT2D eigenvalue weighted by Crippen LogP contribution is 2.36. The van der Waals surface area contributed by atoms with Crippen LogP contribution in [0.5, 0.6) is 0 Å². The van der Waals surface area contributed by atoms with E-state index in [1.807, 2.05) is 37.8 Å². The number of methoxy groups -OCH3 is 1. The Morgan fingerprint density at radius 3 is 2.37 bits per heavy atom. The predicted octanol–water partition coefficient (Wildman–Crippen LogP) is 5.87. The number of benzene rings is 2. The van der Waals surface area contributed by atoms with Crippen molar-refractivity contribution in [2.75, 3.05) is 31.6 Å². The largest absolute Gasteiger partial charge is 0.381 e. The van der Waals surface area contributed by atoms with Gasteiger partial charge in [0, 0.05) is 61.8 Å². The van der Waals surface area contributed by atoms with Crippen molar-refractivity contribution in [1.29, 1.82) is 0 Å². The van der Waals surface area contributed by atoms with Crippen molar-refractivity contribution in [3.05, 3.63) is 99.0 Å². The Morgan fingerprint density at radius 2 is 1.76 bits per heavy atom. The Morgan fingerprint density at radius 1 is 1.07 bits per heavy atom. The number of piperidine rings is 1. The number of nitrogens with one attached hydrogen (secondary N) is 2. The van der Waals surface area contributed by atoms with Gasteiger partial charge in [-0.1, -0.05) is 30.8 Å². The van der Waals surface area contributed by atoms with Gasteiger partial charge < -0.3 is 24.8 Å². The minimum Gasteiger partial charge on any atom is -0.381 e. The van der Waals surface area contributed by atoms with E-state index in [9.17, 15) is 14.4 Å².